The second kappa shape index (κ2) is 10.4. The molecule has 1 heterocycles. The van der Waals surface area contributed by atoms with E-state index in [0.29, 0.717) is 39.3 Å². The third kappa shape index (κ3) is 6.78. The molecule has 9 heteroatoms. The third-order valence-electron chi connectivity index (χ3n) is 3.51. The van der Waals surface area contributed by atoms with Crippen LogP contribution in [-0.4, -0.2) is 29.9 Å². The Balaban J connectivity index is 2.33. The summed E-state index contributed by atoms with van der Waals surface area (Å²) in [5.74, 6) is 0.724. The number of halogens is 1. The highest BCUT2D eigenvalue weighted by atomic mass is 35.5. The van der Waals surface area contributed by atoms with Crippen LogP contribution in [0, 0.1) is 0 Å². The highest BCUT2D eigenvalue weighted by molar-refractivity contribution is 6.33. The summed E-state index contributed by atoms with van der Waals surface area (Å²) in [6.45, 7) is 5.71. The maximum absolute atomic E-state index is 12.2. The van der Waals surface area contributed by atoms with E-state index in [4.69, 9.17) is 22.2 Å². The van der Waals surface area contributed by atoms with Gasteiger partial charge in [0.15, 0.2) is 0 Å². The summed E-state index contributed by atoms with van der Waals surface area (Å²) in [7, 11) is 1.37. The minimum atomic E-state index is -0.381. The van der Waals surface area contributed by atoms with E-state index in [1.54, 1.807) is 37.3 Å². The van der Waals surface area contributed by atoms with Crippen molar-refractivity contribution >= 4 is 40.5 Å². The van der Waals surface area contributed by atoms with Crippen LogP contribution in [0.2, 0.25) is 5.02 Å². The quantitative estimate of drug-likeness (QED) is 0.309. The van der Waals surface area contributed by atoms with Gasteiger partial charge < -0.3 is 16.4 Å². The van der Waals surface area contributed by atoms with Crippen LogP contribution in [0.3, 0.4) is 0 Å². The first kappa shape index (κ1) is 22.2. The smallest absolute Gasteiger partial charge is 0.276 e. The van der Waals surface area contributed by atoms with Crippen LogP contribution in [0.4, 0.5) is 17.2 Å². The SMILES string of the molecule is CONC(=O)c1ccccc1Nc1cc(NC(C=C(C)N)=NC(C)C)ncc1Cl. The van der Waals surface area contributed by atoms with E-state index < -0.39 is 0 Å². The van der Waals surface area contributed by atoms with Gasteiger partial charge in [-0.25, -0.2) is 10.5 Å². The number of nitrogens with zero attached hydrogens (tertiary/aromatic N) is 2. The number of amidine groups is 1. The molecule has 0 spiro atoms. The molecule has 154 valence electrons. The van der Waals surface area contributed by atoms with Crippen LogP contribution in [0.25, 0.3) is 0 Å². The number of carbonyl (C=O) groups is 1. The topological polar surface area (TPSA) is 114 Å². The zero-order valence-corrected chi connectivity index (χ0v) is 17.5. The first-order valence-corrected chi connectivity index (χ1v) is 9.31. The van der Waals surface area contributed by atoms with E-state index in [-0.39, 0.29) is 11.9 Å². The number of amides is 1. The molecule has 0 aliphatic carbocycles. The van der Waals surface area contributed by atoms with Crippen LogP contribution in [-0.2, 0) is 4.84 Å². The number of hydrogen-bond donors (Lipinski definition) is 4. The number of benzene rings is 1. The van der Waals surface area contributed by atoms with Gasteiger partial charge in [-0.3, -0.25) is 14.6 Å². The molecule has 0 atom stereocenters. The summed E-state index contributed by atoms with van der Waals surface area (Å²) >= 11 is 6.30. The van der Waals surface area contributed by atoms with Gasteiger partial charge in [-0.15, -0.1) is 0 Å². The minimum absolute atomic E-state index is 0.0733. The zero-order chi connectivity index (χ0) is 21.4. The molecule has 2 rings (SSSR count). The van der Waals surface area contributed by atoms with Crippen LogP contribution in [0.1, 0.15) is 31.1 Å². The first-order chi connectivity index (χ1) is 13.8. The average molecular weight is 417 g/mol. The molecule has 0 aliphatic heterocycles. The number of pyridine rings is 1. The fraction of sp³-hybridized carbons (Fsp3) is 0.250. The van der Waals surface area contributed by atoms with Crippen molar-refractivity contribution in [2.24, 2.45) is 10.7 Å². The number of hydroxylamine groups is 1. The third-order valence-corrected chi connectivity index (χ3v) is 3.81. The Labute approximate surface area is 175 Å². The largest absolute Gasteiger partial charge is 0.402 e. The van der Waals surface area contributed by atoms with Gasteiger partial charge in [0.25, 0.3) is 5.91 Å². The Morgan fingerprint density at radius 3 is 2.69 bits per heavy atom. The van der Waals surface area contributed by atoms with Crippen molar-refractivity contribution in [1.29, 1.82) is 0 Å². The molecule has 1 aromatic heterocycles. The van der Waals surface area contributed by atoms with E-state index in [1.807, 2.05) is 19.9 Å². The summed E-state index contributed by atoms with van der Waals surface area (Å²) in [5.41, 5.74) is 10.2. The molecule has 0 bridgehead atoms. The van der Waals surface area contributed by atoms with Crippen molar-refractivity contribution in [2.45, 2.75) is 26.8 Å². The molecule has 1 aromatic carbocycles. The lowest BCUT2D eigenvalue weighted by Gasteiger charge is -2.14. The number of nitrogens with two attached hydrogens (primary N) is 1. The number of aliphatic imine (C=N–C) groups is 1. The number of hydrogen-bond acceptors (Lipinski definition) is 6. The molecular weight excluding hydrogens is 392 g/mol. The van der Waals surface area contributed by atoms with Crippen LogP contribution < -0.4 is 21.8 Å². The summed E-state index contributed by atoms with van der Waals surface area (Å²) < 4.78 is 0. The van der Waals surface area contributed by atoms with E-state index in [9.17, 15) is 4.79 Å². The molecule has 0 aliphatic rings. The molecule has 5 N–H and O–H groups in total. The van der Waals surface area contributed by atoms with Gasteiger partial charge in [0, 0.05) is 17.8 Å². The highest BCUT2D eigenvalue weighted by Gasteiger charge is 2.13. The fourth-order valence-corrected chi connectivity index (χ4v) is 2.57. The van der Waals surface area contributed by atoms with Crippen molar-refractivity contribution in [1.82, 2.24) is 10.5 Å². The van der Waals surface area contributed by atoms with Crippen molar-refractivity contribution in [3.05, 3.63) is 58.9 Å². The molecule has 0 saturated carbocycles. The van der Waals surface area contributed by atoms with Gasteiger partial charge in [0.2, 0.25) is 0 Å². The Hall–Kier alpha value is -3.10. The van der Waals surface area contributed by atoms with E-state index in [1.165, 1.54) is 13.3 Å². The molecular formula is C20H25ClN6O2. The van der Waals surface area contributed by atoms with E-state index >= 15 is 0 Å². The molecule has 1 amide bonds. The average Bonchev–Trinajstić information content (AvgIpc) is 2.64. The summed E-state index contributed by atoms with van der Waals surface area (Å²) in [4.78, 5) is 25.7. The predicted molar refractivity (Wildman–Crippen MR) is 118 cm³/mol. The van der Waals surface area contributed by atoms with Crippen LogP contribution in [0.5, 0.6) is 0 Å². The minimum Gasteiger partial charge on any atom is -0.402 e. The maximum Gasteiger partial charge on any atom is 0.276 e. The summed E-state index contributed by atoms with van der Waals surface area (Å²) in [6, 6.07) is 8.80. The number of anilines is 3. The monoisotopic (exact) mass is 416 g/mol. The zero-order valence-electron chi connectivity index (χ0n) is 16.8. The number of nitrogens with one attached hydrogen (secondary N) is 3. The number of rotatable bonds is 7. The molecule has 0 unspecified atom stereocenters. The van der Waals surface area contributed by atoms with E-state index in [2.05, 4.69) is 26.1 Å². The summed E-state index contributed by atoms with van der Waals surface area (Å²) in [5, 5.41) is 6.70. The van der Waals surface area contributed by atoms with Gasteiger partial charge in [-0.2, -0.15) is 0 Å². The fourth-order valence-electron chi connectivity index (χ4n) is 2.42. The summed E-state index contributed by atoms with van der Waals surface area (Å²) in [6.07, 6.45) is 3.24. The molecule has 0 radical (unpaired) electrons. The number of allylic oxidation sites excluding steroid dienone is 1. The second-order valence-corrected chi connectivity index (χ2v) is 6.88. The molecule has 8 nitrogen and oxygen atoms in total. The number of para-hydroxylation sites is 1. The molecule has 29 heavy (non-hydrogen) atoms. The lowest BCUT2D eigenvalue weighted by molar-refractivity contribution is 0.0538. The lowest BCUT2D eigenvalue weighted by atomic mass is 10.1. The predicted octanol–water partition coefficient (Wildman–Crippen LogP) is 3.85. The number of aromatic nitrogens is 1. The van der Waals surface area contributed by atoms with Crippen molar-refractivity contribution in [3.8, 4) is 0 Å². The Morgan fingerprint density at radius 1 is 1.31 bits per heavy atom. The Kier molecular flexibility index (Phi) is 7.99. The lowest BCUT2D eigenvalue weighted by Crippen LogP contribution is -2.22. The van der Waals surface area contributed by atoms with Crippen LogP contribution >= 0.6 is 11.6 Å². The van der Waals surface area contributed by atoms with Crippen molar-refractivity contribution in [2.75, 3.05) is 17.7 Å². The van der Waals surface area contributed by atoms with Gasteiger partial charge in [-0.05, 0) is 39.0 Å². The normalized spacial score (nSPS) is 12.1. The molecule has 2 aromatic rings. The number of carbonyl (C=O) groups excluding carboxylic acids is 1. The Bertz CT molecular complexity index is 923. The first-order valence-electron chi connectivity index (χ1n) is 8.93. The molecule has 0 saturated heterocycles. The van der Waals surface area contributed by atoms with Gasteiger partial charge in [-0.1, -0.05) is 23.7 Å². The van der Waals surface area contributed by atoms with Crippen molar-refractivity contribution in [3.63, 3.8) is 0 Å². The van der Waals surface area contributed by atoms with Crippen LogP contribution in [0.15, 0.2) is 53.3 Å². The molecule has 0 fully saturated rings. The Morgan fingerprint density at radius 2 is 2.03 bits per heavy atom. The van der Waals surface area contributed by atoms with E-state index in [0.717, 1.165) is 0 Å². The van der Waals surface area contributed by atoms with Gasteiger partial charge >= 0.3 is 0 Å². The van der Waals surface area contributed by atoms with Gasteiger partial charge in [0.1, 0.15) is 11.7 Å². The van der Waals surface area contributed by atoms with Crippen molar-refractivity contribution < 1.29 is 9.63 Å². The highest BCUT2D eigenvalue weighted by Crippen LogP contribution is 2.28. The van der Waals surface area contributed by atoms with Gasteiger partial charge in [0.05, 0.1) is 35.3 Å². The standard InChI is InChI=1S/C20H25ClN6O2/c1-12(2)24-19(9-13(3)22)26-18-10-17(15(21)11-23-18)25-16-8-6-5-7-14(16)20(28)27-29-4/h5-12H,22H2,1-4H3,(H,27,28)(H2,23,24,25,26). The maximum atomic E-state index is 12.2. The second-order valence-electron chi connectivity index (χ2n) is 6.48.